The molecule has 1 aromatic heterocycles. The van der Waals surface area contributed by atoms with Crippen LogP contribution in [0, 0.1) is 5.92 Å². The maximum atomic E-state index is 13.1. The summed E-state index contributed by atoms with van der Waals surface area (Å²) < 4.78 is 12.1. The number of nitrogens with zero attached hydrogens (tertiary/aromatic N) is 1. The summed E-state index contributed by atoms with van der Waals surface area (Å²) >= 11 is 1.62. The topological polar surface area (TPSA) is 110 Å². The Balaban J connectivity index is 1.35. The van der Waals surface area contributed by atoms with Crippen molar-refractivity contribution in [3.8, 4) is 11.1 Å². The lowest BCUT2D eigenvalue weighted by Crippen LogP contribution is -2.45. The van der Waals surface area contributed by atoms with Crippen molar-refractivity contribution >= 4 is 28.9 Å². The third-order valence-electron chi connectivity index (χ3n) is 7.76. The first-order valence-electron chi connectivity index (χ1n) is 14.2. The number of carbonyl (C=O) groups excluding carboxylic acids is 1. The van der Waals surface area contributed by atoms with Crippen molar-refractivity contribution in [1.82, 2.24) is 10.3 Å². The molecule has 0 spiro atoms. The summed E-state index contributed by atoms with van der Waals surface area (Å²) in [5, 5.41) is 15.7. The number of aromatic carboxylic acids is 1. The fourth-order valence-electron chi connectivity index (χ4n) is 5.56. The summed E-state index contributed by atoms with van der Waals surface area (Å²) in [7, 11) is 0. The smallest absolute Gasteiger partial charge is 0.335 e. The van der Waals surface area contributed by atoms with Crippen molar-refractivity contribution in [2.45, 2.75) is 63.8 Å². The van der Waals surface area contributed by atoms with Gasteiger partial charge in [0.1, 0.15) is 6.10 Å². The second-order valence-electron chi connectivity index (χ2n) is 10.6. The largest absolute Gasteiger partial charge is 0.478 e. The minimum atomic E-state index is -0.999. The number of anilines is 1. The Hall–Kier alpha value is -3.11. The second kappa shape index (κ2) is 14.0. The molecule has 1 amide bonds. The van der Waals surface area contributed by atoms with Crippen LogP contribution in [-0.2, 0) is 20.9 Å². The van der Waals surface area contributed by atoms with E-state index in [0.29, 0.717) is 37.6 Å². The molecule has 3 aromatic rings. The maximum absolute atomic E-state index is 13.1. The van der Waals surface area contributed by atoms with Gasteiger partial charge in [-0.1, -0.05) is 56.4 Å². The van der Waals surface area contributed by atoms with Gasteiger partial charge in [-0.2, -0.15) is 0 Å². The lowest BCUT2D eigenvalue weighted by atomic mass is 9.85. The lowest BCUT2D eigenvalue weighted by molar-refractivity contribution is -0.128. The Morgan fingerprint density at radius 1 is 1.18 bits per heavy atom. The van der Waals surface area contributed by atoms with Gasteiger partial charge in [0.25, 0.3) is 5.91 Å². The summed E-state index contributed by atoms with van der Waals surface area (Å²) in [4.78, 5) is 30.1. The highest BCUT2D eigenvalue weighted by atomic mass is 32.1. The van der Waals surface area contributed by atoms with E-state index in [-0.39, 0.29) is 17.6 Å². The molecule has 40 heavy (non-hydrogen) atoms. The number of thiazole rings is 1. The normalized spacial score (nSPS) is 18.8. The summed E-state index contributed by atoms with van der Waals surface area (Å²) in [6, 6.07) is 12.5. The van der Waals surface area contributed by atoms with Crippen LogP contribution in [0.4, 0.5) is 5.69 Å². The molecule has 2 heterocycles. The quantitative estimate of drug-likeness (QED) is 0.260. The zero-order valence-corrected chi connectivity index (χ0v) is 23.5. The van der Waals surface area contributed by atoms with Crippen LogP contribution in [0.25, 0.3) is 11.1 Å². The summed E-state index contributed by atoms with van der Waals surface area (Å²) in [6.07, 6.45) is 10.0. The van der Waals surface area contributed by atoms with Crippen LogP contribution in [0.1, 0.15) is 71.8 Å². The second-order valence-corrected chi connectivity index (χ2v) is 11.5. The standard InChI is InChI=1S/C31H37N3O5S/c35-30(28-17-32-13-14-38-28)34-26-15-22(9-11-25(26)23-7-4-8-24(16-23)31(36)37)19-39-27(29-18-33-20-40-29)12-10-21-5-2-1-3-6-21/h4,7-9,11,15-16,18,20-21,27-28,32H,1-3,5-6,10,12-14,17,19H2,(H,34,35)(H,36,37). The van der Waals surface area contributed by atoms with Crippen LogP contribution < -0.4 is 10.6 Å². The minimum Gasteiger partial charge on any atom is -0.478 e. The number of carbonyl (C=O) groups is 2. The summed E-state index contributed by atoms with van der Waals surface area (Å²) in [5.41, 5.74) is 5.00. The molecule has 2 aliphatic rings. The van der Waals surface area contributed by atoms with Gasteiger partial charge in [0.05, 0.1) is 35.3 Å². The van der Waals surface area contributed by atoms with Crippen LogP contribution in [-0.4, -0.2) is 47.8 Å². The Labute approximate surface area is 239 Å². The molecule has 5 rings (SSSR count). The molecule has 2 aromatic carbocycles. The monoisotopic (exact) mass is 563 g/mol. The number of ether oxygens (including phenoxy) is 2. The minimum absolute atomic E-state index is 0.0268. The lowest BCUT2D eigenvalue weighted by Gasteiger charge is -2.24. The Kier molecular flexibility index (Phi) is 9.94. The van der Waals surface area contributed by atoms with E-state index in [1.807, 2.05) is 36.0 Å². The molecule has 2 atom stereocenters. The van der Waals surface area contributed by atoms with Crippen molar-refractivity contribution in [3.63, 3.8) is 0 Å². The van der Waals surface area contributed by atoms with E-state index in [1.54, 1.807) is 29.5 Å². The van der Waals surface area contributed by atoms with Crippen LogP contribution in [0.2, 0.25) is 0 Å². The molecule has 212 valence electrons. The number of morpholine rings is 1. The molecular weight excluding hydrogens is 526 g/mol. The van der Waals surface area contributed by atoms with Crippen molar-refractivity contribution in [2.24, 2.45) is 5.92 Å². The molecule has 1 aliphatic heterocycles. The van der Waals surface area contributed by atoms with Gasteiger partial charge < -0.3 is 25.2 Å². The van der Waals surface area contributed by atoms with Gasteiger partial charge in [0, 0.05) is 30.5 Å². The molecule has 0 radical (unpaired) electrons. The van der Waals surface area contributed by atoms with Crippen molar-refractivity contribution in [1.29, 1.82) is 0 Å². The van der Waals surface area contributed by atoms with Crippen LogP contribution in [0.3, 0.4) is 0 Å². The highest BCUT2D eigenvalue weighted by Crippen LogP contribution is 2.35. The number of amides is 1. The average molecular weight is 564 g/mol. The zero-order chi connectivity index (χ0) is 27.7. The third kappa shape index (κ3) is 7.54. The SMILES string of the molecule is O=C(O)c1cccc(-c2ccc(COC(CCC3CCCCC3)c3cncs3)cc2NC(=O)C2CNCCO2)c1. The molecule has 1 saturated carbocycles. The number of aromatic nitrogens is 1. The molecule has 0 bridgehead atoms. The predicted octanol–water partition coefficient (Wildman–Crippen LogP) is 6.05. The fourth-order valence-corrected chi connectivity index (χ4v) is 6.26. The fraction of sp³-hybridized carbons (Fsp3) is 0.452. The molecule has 2 unspecified atom stereocenters. The van der Waals surface area contributed by atoms with E-state index in [2.05, 4.69) is 15.6 Å². The van der Waals surface area contributed by atoms with Crippen LogP contribution in [0.15, 0.2) is 54.2 Å². The number of hydrogen-bond acceptors (Lipinski definition) is 7. The van der Waals surface area contributed by atoms with Crippen molar-refractivity contribution < 1.29 is 24.2 Å². The van der Waals surface area contributed by atoms with Gasteiger partial charge in [-0.25, -0.2) is 4.79 Å². The average Bonchev–Trinajstić information content (AvgIpc) is 3.53. The van der Waals surface area contributed by atoms with Gasteiger partial charge in [0.15, 0.2) is 0 Å². The number of hydrogen-bond donors (Lipinski definition) is 3. The van der Waals surface area contributed by atoms with Gasteiger partial charge in [-0.3, -0.25) is 9.78 Å². The van der Waals surface area contributed by atoms with E-state index in [4.69, 9.17) is 9.47 Å². The van der Waals surface area contributed by atoms with Gasteiger partial charge >= 0.3 is 5.97 Å². The van der Waals surface area contributed by atoms with Gasteiger partial charge in [0.2, 0.25) is 0 Å². The first kappa shape index (κ1) is 28.4. The van der Waals surface area contributed by atoms with Crippen molar-refractivity contribution in [3.05, 3.63) is 70.2 Å². The van der Waals surface area contributed by atoms with E-state index < -0.39 is 12.1 Å². The molecular formula is C31H37N3O5S. The van der Waals surface area contributed by atoms with E-state index >= 15 is 0 Å². The van der Waals surface area contributed by atoms with E-state index in [1.165, 1.54) is 32.1 Å². The van der Waals surface area contributed by atoms with E-state index in [0.717, 1.165) is 34.8 Å². The Morgan fingerprint density at radius 2 is 2.05 bits per heavy atom. The summed E-state index contributed by atoms with van der Waals surface area (Å²) in [5.74, 6) is -0.468. The zero-order valence-electron chi connectivity index (χ0n) is 22.6. The number of nitrogens with one attached hydrogen (secondary N) is 2. The van der Waals surface area contributed by atoms with Gasteiger partial charge in [-0.05, 0) is 48.1 Å². The third-order valence-corrected chi connectivity index (χ3v) is 8.63. The van der Waals surface area contributed by atoms with Gasteiger partial charge in [-0.15, -0.1) is 11.3 Å². The maximum Gasteiger partial charge on any atom is 0.335 e. The highest BCUT2D eigenvalue weighted by Gasteiger charge is 2.24. The van der Waals surface area contributed by atoms with Crippen LogP contribution >= 0.6 is 11.3 Å². The summed E-state index contributed by atoms with van der Waals surface area (Å²) in [6.45, 7) is 2.01. The highest BCUT2D eigenvalue weighted by molar-refractivity contribution is 7.09. The molecule has 1 saturated heterocycles. The molecule has 9 heteroatoms. The number of carboxylic acid groups (broad SMARTS) is 1. The van der Waals surface area contributed by atoms with Crippen molar-refractivity contribution in [2.75, 3.05) is 25.0 Å². The molecule has 1 aliphatic carbocycles. The Morgan fingerprint density at radius 3 is 2.80 bits per heavy atom. The molecule has 3 N–H and O–H groups in total. The first-order valence-corrected chi connectivity index (χ1v) is 15.0. The Bertz CT molecular complexity index is 1270. The predicted molar refractivity (Wildman–Crippen MR) is 156 cm³/mol. The first-order chi connectivity index (χ1) is 19.6. The van der Waals surface area contributed by atoms with Crippen LogP contribution in [0.5, 0.6) is 0 Å². The molecule has 8 nitrogen and oxygen atoms in total. The van der Waals surface area contributed by atoms with E-state index in [9.17, 15) is 14.7 Å². The number of carboxylic acids is 1. The molecule has 2 fully saturated rings. The number of benzene rings is 2. The number of rotatable bonds is 11.